The first-order valence-electron chi connectivity index (χ1n) is 6.34. The van der Waals surface area contributed by atoms with Crippen LogP contribution >= 0.6 is 27.7 Å². The summed E-state index contributed by atoms with van der Waals surface area (Å²) in [6.07, 6.45) is 5.07. The smallest absolute Gasteiger partial charge is 0.0629 e. The van der Waals surface area contributed by atoms with E-state index in [0.29, 0.717) is 0 Å². The average Bonchev–Trinajstić information content (AvgIpc) is 2.78. The fourth-order valence-corrected chi connectivity index (χ4v) is 3.28. The van der Waals surface area contributed by atoms with Gasteiger partial charge in [0.15, 0.2) is 0 Å². The van der Waals surface area contributed by atoms with Gasteiger partial charge in [0.1, 0.15) is 0 Å². The molecule has 1 N–H and O–H groups in total. The zero-order valence-corrected chi connectivity index (χ0v) is 13.6. The Hall–Kier alpha value is -0.780. The lowest BCUT2D eigenvalue weighted by Crippen LogP contribution is -2.14. The number of nitrogens with one attached hydrogen (secondary N) is 1. The fraction of sp³-hybridized carbons (Fsp3) is 0.357. The molecule has 1 heterocycles. The summed E-state index contributed by atoms with van der Waals surface area (Å²) in [4.78, 5) is 2.38. The van der Waals surface area contributed by atoms with Gasteiger partial charge in [-0.15, -0.1) is 0 Å². The van der Waals surface area contributed by atoms with E-state index < -0.39 is 0 Å². The average molecular weight is 340 g/mol. The van der Waals surface area contributed by atoms with E-state index >= 15 is 0 Å². The van der Waals surface area contributed by atoms with Crippen molar-refractivity contribution < 1.29 is 0 Å². The van der Waals surface area contributed by atoms with Crippen molar-refractivity contribution in [2.24, 2.45) is 7.05 Å². The van der Waals surface area contributed by atoms with E-state index in [1.54, 1.807) is 11.8 Å². The van der Waals surface area contributed by atoms with Gasteiger partial charge in [0.25, 0.3) is 0 Å². The normalized spacial score (nSPS) is 10.9. The summed E-state index contributed by atoms with van der Waals surface area (Å²) in [7, 11) is 1.93. The van der Waals surface area contributed by atoms with Gasteiger partial charge >= 0.3 is 0 Å². The van der Waals surface area contributed by atoms with E-state index in [9.17, 15) is 0 Å². The van der Waals surface area contributed by atoms with Crippen molar-refractivity contribution in [2.75, 3.05) is 6.54 Å². The maximum Gasteiger partial charge on any atom is 0.0629 e. The standard InChI is InChI=1S/C14H18BrN3S/c1-3-6-16-8-11-4-5-12(7-14(11)15)19-13-9-17-18(2)10-13/h4-5,7,9-10,16H,3,6,8H2,1-2H3. The Morgan fingerprint density at radius 2 is 2.21 bits per heavy atom. The third-order valence-electron chi connectivity index (χ3n) is 2.68. The number of aryl methyl sites for hydroxylation is 1. The molecule has 0 amide bonds. The quantitative estimate of drug-likeness (QED) is 0.811. The Balaban J connectivity index is 2.01. The van der Waals surface area contributed by atoms with E-state index in [2.05, 4.69) is 51.5 Å². The largest absolute Gasteiger partial charge is 0.313 e. The minimum Gasteiger partial charge on any atom is -0.313 e. The monoisotopic (exact) mass is 339 g/mol. The number of hydrogen-bond donors (Lipinski definition) is 1. The molecule has 102 valence electrons. The molecule has 0 saturated heterocycles. The third kappa shape index (κ3) is 4.37. The second-order valence-electron chi connectivity index (χ2n) is 4.38. The molecular formula is C14H18BrN3S. The molecule has 0 bridgehead atoms. The van der Waals surface area contributed by atoms with Crippen LogP contribution in [0.3, 0.4) is 0 Å². The molecule has 3 nitrogen and oxygen atoms in total. The number of nitrogens with zero attached hydrogens (tertiary/aromatic N) is 2. The summed E-state index contributed by atoms with van der Waals surface area (Å²) in [6.45, 7) is 4.14. The van der Waals surface area contributed by atoms with Crippen LogP contribution < -0.4 is 5.32 Å². The van der Waals surface area contributed by atoms with Crippen molar-refractivity contribution in [2.45, 2.75) is 29.7 Å². The van der Waals surface area contributed by atoms with Crippen molar-refractivity contribution in [3.63, 3.8) is 0 Å². The molecule has 2 aromatic rings. The van der Waals surface area contributed by atoms with Crippen LogP contribution in [0.25, 0.3) is 0 Å². The molecular weight excluding hydrogens is 322 g/mol. The lowest BCUT2D eigenvalue weighted by Gasteiger charge is -2.07. The van der Waals surface area contributed by atoms with Crippen LogP contribution in [-0.2, 0) is 13.6 Å². The highest BCUT2D eigenvalue weighted by atomic mass is 79.9. The predicted octanol–water partition coefficient (Wildman–Crippen LogP) is 3.83. The molecule has 0 aliphatic rings. The molecule has 0 aliphatic carbocycles. The highest BCUT2D eigenvalue weighted by Gasteiger charge is 2.04. The maximum absolute atomic E-state index is 4.18. The lowest BCUT2D eigenvalue weighted by atomic mass is 10.2. The molecule has 0 unspecified atom stereocenters. The minimum absolute atomic E-state index is 0.909. The van der Waals surface area contributed by atoms with Crippen LogP contribution in [0.4, 0.5) is 0 Å². The Morgan fingerprint density at radius 3 is 2.84 bits per heavy atom. The number of rotatable bonds is 6. The molecule has 19 heavy (non-hydrogen) atoms. The first-order chi connectivity index (χ1) is 9.19. The number of benzene rings is 1. The van der Waals surface area contributed by atoms with Gasteiger partial charge in [0, 0.05) is 29.2 Å². The molecule has 0 aliphatic heterocycles. The van der Waals surface area contributed by atoms with Crippen LogP contribution in [0.2, 0.25) is 0 Å². The second-order valence-corrected chi connectivity index (χ2v) is 6.38. The summed E-state index contributed by atoms with van der Waals surface area (Å²) < 4.78 is 2.98. The Bertz CT molecular complexity index is 539. The Labute approximate surface area is 126 Å². The molecule has 0 atom stereocenters. The highest BCUT2D eigenvalue weighted by Crippen LogP contribution is 2.30. The van der Waals surface area contributed by atoms with Crippen LogP contribution in [0.5, 0.6) is 0 Å². The predicted molar refractivity (Wildman–Crippen MR) is 83.5 cm³/mol. The molecule has 5 heteroatoms. The van der Waals surface area contributed by atoms with Crippen LogP contribution in [-0.4, -0.2) is 16.3 Å². The van der Waals surface area contributed by atoms with E-state index in [-0.39, 0.29) is 0 Å². The second kappa shape index (κ2) is 7.12. The summed E-state index contributed by atoms with van der Waals surface area (Å²) >= 11 is 5.37. The van der Waals surface area contributed by atoms with Gasteiger partial charge in [-0.1, -0.05) is 40.7 Å². The molecule has 0 fully saturated rings. The van der Waals surface area contributed by atoms with Gasteiger partial charge in [0.2, 0.25) is 0 Å². The lowest BCUT2D eigenvalue weighted by molar-refractivity contribution is 0.673. The number of halogens is 1. The minimum atomic E-state index is 0.909. The van der Waals surface area contributed by atoms with E-state index in [1.165, 1.54) is 10.5 Å². The van der Waals surface area contributed by atoms with Gasteiger partial charge in [-0.25, -0.2) is 0 Å². The van der Waals surface area contributed by atoms with Gasteiger partial charge in [0.05, 0.1) is 11.1 Å². The Kier molecular flexibility index (Phi) is 5.48. The molecule has 0 radical (unpaired) electrons. The zero-order valence-electron chi connectivity index (χ0n) is 11.2. The first-order valence-corrected chi connectivity index (χ1v) is 7.95. The summed E-state index contributed by atoms with van der Waals surface area (Å²) in [5.74, 6) is 0. The summed E-state index contributed by atoms with van der Waals surface area (Å²) in [5.41, 5.74) is 1.30. The first kappa shape index (κ1) is 14.6. The summed E-state index contributed by atoms with van der Waals surface area (Å²) in [5, 5.41) is 7.59. The summed E-state index contributed by atoms with van der Waals surface area (Å²) in [6, 6.07) is 6.50. The fourth-order valence-electron chi connectivity index (χ4n) is 1.72. The van der Waals surface area contributed by atoms with Crippen LogP contribution in [0.15, 0.2) is 44.9 Å². The van der Waals surface area contributed by atoms with Crippen LogP contribution in [0.1, 0.15) is 18.9 Å². The van der Waals surface area contributed by atoms with E-state index in [0.717, 1.165) is 28.9 Å². The van der Waals surface area contributed by atoms with Crippen molar-refractivity contribution in [3.05, 3.63) is 40.6 Å². The van der Waals surface area contributed by atoms with Crippen LogP contribution in [0, 0.1) is 0 Å². The third-order valence-corrected chi connectivity index (χ3v) is 4.36. The van der Waals surface area contributed by atoms with E-state index in [1.807, 2.05) is 24.1 Å². The van der Waals surface area contributed by atoms with Gasteiger partial charge in [-0.2, -0.15) is 5.10 Å². The maximum atomic E-state index is 4.18. The molecule has 0 saturated carbocycles. The van der Waals surface area contributed by atoms with E-state index in [4.69, 9.17) is 0 Å². The highest BCUT2D eigenvalue weighted by molar-refractivity contribution is 9.10. The number of hydrogen-bond acceptors (Lipinski definition) is 3. The molecule has 1 aromatic heterocycles. The van der Waals surface area contributed by atoms with Gasteiger partial charge < -0.3 is 5.32 Å². The zero-order chi connectivity index (χ0) is 13.7. The Morgan fingerprint density at radius 1 is 1.37 bits per heavy atom. The van der Waals surface area contributed by atoms with Crippen molar-refractivity contribution >= 4 is 27.7 Å². The van der Waals surface area contributed by atoms with Gasteiger partial charge in [-0.3, -0.25) is 4.68 Å². The topological polar surface area (TPSA) is 29.9 Å². The number of aromatic nitrogens is 2. The van der Waals surface area contributed by atoms with Crippen molar-refractivity contribution in [3.8, 4) is 0 Å². The molecule has 2 rings (SSSR count). The molecule has 1 aromatic carbocycles. The van der Waals surface area contributed by atoms with Crippen molar-refractivity contribution in [1.82, 2.24) is 15.1 Å². The molecule has 0 spiro atoms. The SMILES string of the molecule is CCCNCc1ccc(Sc2cnn(C)c2)cc1Br. The van der Waals surface area contributed by atoms with Crippen molar-refractivity contribution in [1.29, 1.82) is 0 Å². The van der Waals surface area contributed by atoms with Gasteiger partial charge in [-0.05, 0) is 30.7 Å².